The largest absolute Gasteiger partial charge is 0.392 e. The van der Waals surface area contributed by atoms with Gasteiger partial charge in [0.15, 0.2) is 0 Å². The van der Waals surface area contributed by atoms with Crippen molar-refractivity contribution >= 4 is 5.91 Å². The molecule has 0 aromatic rings. The first-order valence-corrected chi connectivity index (χ1v) is 5.84. The number of nitrogens with zero attached hydrogens (tertiary/aromatic N) is 1. The molecule has 0 radical (unpaired) electrons. The van der Waals surface area contributed by atoms with Crippen LogP contribution in [0.15, 0.2) is 0 Å². The van der Waals surface area contributed by atoms with Gasteiger partial charge in [-0.2, -0.15) is 0 Å². The second-order valence-corrected chi connectivity index (χ2v) is 4.40. The molecule has 0 saturated heterocycles. The number of carbonyl (C=O) groups excluding carboxylic acids is 1. The molecule has 1 saturated carbocycles. The van der Waals surface area contributed by atoms with E-state index in [9.17, 15) is 9.90 Å². The molecule has 0 heterocycles. The van der Waals surface area contributed by atoms with Crippen LogP contribution in [0.3, 0.4) is 0 Å². The summed E-state index contributed by atoms with van der Waals surface area (Å²) in [4.78, 5) is 13.0. The molecule has 0 aromatic carbocycles. The van der Waals surface area contributed by atoms with E-state index in [4.69, 9.17) is 5.73 Å². The third-order valence-corrected chi connectivity index (χ3v) is 3.12. The Kier molecular flexibility index (Phi) is 5.05. The molecule has 1 aliphatic carbocycles. The minimum atomic E-state index is -0.343. The molecule has 1 unspecified atom stereocenters. The second kappa shape index (κ2) is 6.08. The van der Waals surface area contributed by atoms with Gasteiger partial charge in [-0.3, -0.25) is 9.69 Å². The summed E-state index contributed by atoms with van der Waals surface area (Å²) in [5, 5.41) is 9.61. The number of hydrogen-bond acceptors (Lipinski definition) is 3. The molecule has 4 heteroatoms. The zero-order valence-corrected chi connectivity index (χ0v) is 9.48. The molecule has 0 aromatic heterocycles. The van der Waals surface area contributed by atoms with Gasteiger partial charge in [0.05, 0.1) is 12.6 Å². The SMILES string of the molecule is CCC(O)CN(CC(N)=O)C1CCCC1. The Balaban J connectivity index is 2.47. The van der Waals surface area contributed by atoms with Gasteiger partial charge in [-0.05, 0) is 19.3 Å². The van der Waals surface area contributed by atoms with Crippen LogP contribution in [-0.4, -0.2) is 41.1 Å². The molecular formula is C11H22N2O2. The van der Waals surface area contributed by atoms with Crippen LogP contribution in [0, 0.1) is 0 Å². The summed E-state index contributed by atoms with van der Waals surface area (Å²) in [5.41, 5.74) is 5.22. The first-order chi connectivity index (χ1) is 7.13. The van der Waals surface area contributed by atoms with Crippen LogP contribution in [0.1, 0.15) is 39.0 Å². The van der Waals surface area contributed by atoms with Crippen molar-refractivity contribution in [2.75, 3.05) is 13.1 Å². The van der Waals surface area contributed by atoms with Crippen molar-refractivity contribution in [3.8, 4) is 0 Å². The highest BCUT2D eigenvalue weighted by molar-refractivity contribution is 5.75. The Hall–Kier alpha value is -0.610. The van der Waals surface area contributed by atoms with Gasteiger partial charge in [-0.15, -0.1) is 0 Å². The van der Waals surface area contributed by atoms with Crippen LogP contribution in [0.4, 0.5) is 0 Å². The van der Waals surface area contributed by atoms with Gasteiger partial charge in [-0.25, -0.2) is 0 Å². The van der Waals surface area contributed by atoms with E-state index in [1.807, 2.05) is 11.8 Å². The molecule has 3 N–H and O–H groups in total. The minimum Gasteiger partial charge on any atom is -0.392 e. The van der Waals surface area contributed by atoms with Crippen molar-refractivity contribution in [3.63, 3.8) is 0 Å². The Labute approximate surface area is 91.4 Å². The molecule has 1 amide bonds. The average molecular weight is 214 g/mol. The predicted octanol–water partition coefficient (Wildman–Crippen LogP) is 0.487. The van der Waals surface area contributed by atoms with Crippen LogP contribution in [0.2, 0.25) is 0 Å². The normalized spacial score (nSPS) is 19.7. The van der Waals surface area contributed by atoms with E-state index < -0.39 is 0 Å². The van der Waals surface area contributed by atoms with E-state index in [1.165, 1.54) is 12.8 Å². The third kappa shape index (κ3) is 4.18. The molecule has 4 nitrogen and oxygen atoms in total. The van der Waals surface area contributed by atoms with Gasteiger partial charge in [0.25, 0.3) is 0 Å². The van der Waals surface area contributed by atoms with Crippen LogP contribution in [0.25, 0.3) is 0 Å². The van der Waals surface area contributed by atoms with Gasteiger partial charge in [0.1, 0.15) is 0 Å². The van der Waals surface area contributed by atoms with E-state index in [-0.39, 0.29) is 18.6 Å². The standard InChI is InChI=1S/C11H22N2O2/c1-2-10(14)7-13(8-11(12)15)9-5-3-4-6-9/h9-10,14H,2-8H2,1H3,(H2,12,15). The number of carbonyl (C=O) groups is 1. The summed E-state index contributed by atoms with van der Waals surface area (Å²) in [7, 11) is 0. The number of amides is 1. The van der Waals surface area contributed by atoms with Crippen LogP contribution in [0.5, 0.6) is 0 Å². The van der Waals surface area contributed by atoms with E-state index >= 15 is 0 Å². The maximum absolute atomic E-state index is 10.9. The fourth-order valence-corrected chi connectivity index (χ4v) is 2.21. The number of rotatable bonds is 6. The van der Waals surface area contributed by atoms with Gasteiger partial charge in [0, 0.05) is 12.6 Å². The van der Waals surface area contributed by atoms with Gasteiger partial charge < -0.3 is 10.8 Å². The molecule has 88 valence electrons. The lowest BCUT2D eigenvalue weighted by Gasteiger charge is -2.29. The maximum atomic E-state index is 10.9. The summed E-state index contributed by atoms with van der Waals surface area (Å²) in [5.74, 6) is -0.301. The highest BCUT2D eigenvalue weighted by Crippen LogP contribution is 2.23. The van der Waals surface area contributed by atoms with E-state index in [2.05, 4.69) is 0 Å². The molecule has 1 rings (SSSR count). The summed E-state index contributed by atoms with van der Waals surface area (Å²) in [6.45, 7) is 2.80. The Morgan fingerprint density at radius 1 is 1.53 bits per heavy atom. The number of primary amides is 1. The summed E-state index contributed by atoms with van der Waals surface area (Å²) in [6, 6.07) is 0.443. The molecule has 1 fully saturated rings. The van der Waals surface area contributed by atoms with Crippen LogP contribution >= 0.6 is 0 Å². The lowest BCUT2D eigenvalue weighted by atomic mass is 10.1. The molecule has 0 aliphatic heterocycles. The number of aliphatic hydroxyl groups excluding tert-OH is 1. The number of nitrogens with two attached hydrogens (primary N) is 1. The highest BCUT2D eigenvalue weighted by atomic mass is 16.3. The maximum Gasteiger partial charge on any atom is 0.231 e. The molecule has 15 heavy (non-hydrogen) atoms. The van der Waals surface area contributed by atoms with Crippen molar-refractivity contribution in [1.29, 1.82) is 0 Å². The number of hydrogen-bond donors (Lipinski definition) is 2. The Morgan fingerprint density at radius 2 is 2.13 bits per heavy atom. The molecule has 1 atom stereocenters. The molecule has 0 bridgehead atoms. The van der Waals surface area contributed by atoms with Gasteiger partial charge in [-0.1, -0.05) is 19.8 Å². The van der Waals surface area contributed by atoms with Gasteiger partial charge in [0.2, 0.25) is 5.91 Å². The summed E-state index contributed by atoms with van der Waals surface area (Å²) < 4.78 is 0. The third-order valence-electron chi connectivity index (χ3n) is 3.12. The van der Waals surface area contributed by atoms with E-state index in [1.54, 1.807) is 0 Å². The molecule has 1 aliphatic rings. The smallest absolute Gasteiger partial charge is 0.231 e. The number of aliphatic hydroxyl groups is 1. The fraction of sp³-hybridized carbons (Fsp3) is 0.909. The van der Waals surface area contributed by atoms with Crippen molar-refractivity contribution < 1.29 is 9.90 Å². The van der Waals surface area contributed by atoms with Crippen molar-refractivity contribution in [2.45, 2.75) is 51.2 Å². The molecule has 0 spiro atoms. The summed E-state index contributed by atoms with van der Waals surface area (Å²) >= 11 is 0. The monoisotopic (exact) mass is 214 g/mol. The first kappa shape index (κ1) is 12.5. The highest BCUT2D eigenvalue weighted by Gasteiger charge is 2.24. The lowest BCUT2D eigenvalue weighted by Crippen LogP contribution is -2.44. The van der Waals surface area contributed by atoms with Crippen molar-refractivity contribution in [1.82, 2.24) is 4.90 Å². The first-order valence-electron chi connectivity index (χ1n) is 5.84. The quantitative estimate of drug-likeness (QED) is 0.676. The minimum absolute atomic E-state index is 0.279. The zero-order valence-electron chi connectivity index (χ0n) is 9.48. The van der Waals surface area contributed by atoms with Crippen LogP contribution < -0.4 is 5.73 Å². The lowest BCUT2D eigenvalue weighted by molar-refractivity contribution is -0.120. The fourth-order valence-electron chi connectivity index (χ4n) is 2.21. The van der Waals surface area contributed by atoms with Gasteiger partial charge >= 0.3 is 0 Å². The molecular weight excluding hydrogens is 192 g/mol. The second-order valence-electron chi connectivity index (χ2n) is 4.40. The zero-order chi connectivity index (χ0) is 11.3. The van der Waals surface area contributed by atoms with Crippen LogP contribution in [-0.2, 0) is 4.79 Å². The summed E-state index contributed by atoms with van der Waals surface area (Å²) in [6.07, 6.45) is 5.09. The van der Waals surface area contributed by atoms with E-state index in [0.29, 0.717) is 12.6 Å². The average Bonchev–Trinajstić information content (AvgIpc) is 2.68. The van der Waals surface area contributed by atoms with Crippen molar-refractivity contribution in [2.24, 2.45) is 5.73 Å². The predicted molar refractivity (Wildman–Crippen MR) is 59.3 cm³/mol. The van der Waals surface area contributed by atoms with Crippen molar-refractivity contribution in [3.05, 3.63) is 0 Å². The van der Waals surface area contributed by atoms with E-state index in [0.717, 1.165) is 19.3 Å². The Bertz CT molecular complexity index is 203. The Morgan fingerprint density at radius 3 is 2.60 bits per heavy atom. The topological polar surface area (TPSA) is 66.6 Å².